The Labute approximate surface area is 185 Å². The summed E-state index contributed by atoms with van der Waals surface area (Å²) in [7, 11) is -0.765. The Kier molecular flexibility index (Phi) is 9.67. The van der Waals surface area contributed by atoms with Crippen LogP contribution in [0, 0.1) is 35.3 Å². The predicted molar refractivity (Wildman–Crippen MR) is 126 cm³/mol. The lowest BCUT2D eigenvalue weighted by Crippen LogP contribution is -2.28. The normalized spacial score (nSPS) is 27.6. The molecule has 0 unspecified atom stereocenters. The first kappa shape index (κ1) is 23.8. The average Bonchev–Trinajstić information content (AvgIpc) is 2.78. The highest BCUT2D eigenvalue weighted by molar-refractivity contribution is 6.53. The second kappa shape index (κ2) is 12.2. The van der Waals surface area contributed by atoms with Crippen LogP contribution in [0.15, 0.2) is 12.1 Å². The van der Waals surface area contributed by atoms with E-state index in [1.165, 1.54) is 77.0 Å². The monoisotopic (exact) mass is 436 g/mol. The van der Waals surface area contributed by atoms with Gasteiger partial charge in [-0.25, -0.2) is 4.39 Å². The molecule has 0 amide bonds. The van der Waals surface area contributed by atoms with Gasteiger partial charge in [-0.15, -0.1) is 0 Å². The molecule has 2 saturated carbocycles. The quantitative estimate of drug-likeness (QED) is 0.290. The maximum Gasteiger partial charge on any atom is 0.200 e. The fourth-order valence-electron chi connectivity index (χ4n) is 5.97. The van der Waals surface area contributed by atoms with Gasteiger partial charge < -0.3 is 4.74 Å². The van der Waals surface area contributed by atoms with Gasteiger partial charge in [-0.05, 0) is 67.5 Å². The van der Waals surface area contributed by atoms with E-state index in [1.54, 1.807) is 19.1 Å². The van der Waals surface area contributed by atoms with Crippen LogP contribution in [0.25, 0.3) is 0 Å². The number of benzene rings is 1. The molecule has 2 aliphatic rings. The lowest BCUT2D eigenvalue weighted by molar-refractivity contribution is 0.146. The van der Waals surface area contributed by atoms with Crippen molar-refractivity contribution in [1.29, 1.82) is 0 Å². The van der Waals surface area contributed by atoms with Crippen molar-refractivity contribution in [3.8, 4) is 5.75 Å². The van der Waals surface area contributed by atoms with Gasteiger partial charge in [0.15, 0.2) is 17.4 Å². The first-order chi connectivity index (χ1) is 14.6. The third-order valence-electron chi connectivity index (χ3n) is 7.91. The van der Waals surface area contributed by atoms with Crippen LogP contribution in [0.5, 0.6) is 5.75 Å². The highest BCUT2D eigenvalue weighted by Crippen LogP contribution is 2.42. The number of hydrogen-bond acceptors (Lipinski definition) is 1. The van der Waals surface area contributed by atoms with Crippen molar-refractivity contribution in [2.75, 3.05) is 6.61 Å². The summed E-state index contributed by atoms with van der Waals surface area (Å²) in [4.78, 5) is 0. The van der Waals surface area contributed by atoms with Crippen LogP contribution in [-0.2, 0) is 0 Å². The second-order valence-corrected chi connectivity index (χ2v) is 11.7. The van der Waals surface area contributed by atoms with E-state index in [-0.39, 0.29) is 5.75 Å². The zero-order chi connectivity index (χ0) is 21.3. The predicted octanol–water partition coefficient (Wildman–Crippen LogP) is 6.77. The van der Waals surface area contributed by atoms with Crippen molar-refractivity contribution in [2.45, 2.75) is 96.9 Å². The molecule has 0 spiro atoms. The third-order valence-corrected chi connectivity index (χ3v) is 10.1. The summed E-state index contributed by atoms with van der Waals surface area (Å²) in [6.45, 7) is 4.44. The van der Waals surface area contributed by atoms with Gasteiger partial charge >= 0.3 is 0 Å². The van der Waals surface area contributed by atoms with Gasteiger partial charge in [0.1, 0.15) is 0 Å². The minimum absolute atomic E-state index is 0.0494. The molecule has 3 rings (SSSR count). The zero-order valence-electron chi connectivity index (χ0n) is 19.2. The van der Waals surface area contributed by atoms with Gasteiger partial charge in [-0.3, -0.25) is 0 Å². The molecule has 0 atom stereocenters. The summed E-state index contributed by atoms with van der Waals surface area (Å²) in [6.07, 6.45) is 16.8. The van der Waals surface area contributed by atoms with Gasteiger partial charge in [0.25, 0.3) is 0 Å². The van der Waals surface area contributed by atoms with Crippen LogP contribution >= 0.6 is 0 Å². The maximum atomic E-state index is 14.4. The standard InChI is InChI=1S/C26H42F2OSi/c1-3-5-6-7-19-8-12-21(13-9-19)22-14-10-20(11-15-22)18-30-24-17-16-23(29-4-2)25(27)26(24)28/h16-17,19-22H,3-15,18,30H2,1-2H3/t19-,20-,21-,22-. The molecule has 1 nitrogen and oxygen atoms in total. The first-order valence-electron chi connectivity index (χ1n) is 12.7. The Morgan fingerprint density at radius 3 is 2.07 bits per heavy atom. The zero-order valence-corrected chi connectivity index (χ0v) is 20.6. The molecule has 0 N–H and O–H groups in total. The van der Waals surface area contributed by atoms with Gasteiger partial charge in [-0.1, -0.05) is 70.4 Å². The molecule has 170 valence electrons. The molecule has 4 heteroatoms. The van der Waals surface area contributed by atoms with Crippen molar-refractivity contribution in [2.24, 2.45) is 23.7 Å². The van der Waals surface area contributed by atoms with E-state index < -0.39 is 21.2 Å². The van der Waals surface area contributed by atoms with E-state index >= 15 is 0 Å². The average molecular weight is 437 g/mol. The summed E-state index contributed by atoms with van der Waals surface area (Å²) < 4.78 is 33.6. The van der Waals surface area contributed by atoms with Crippen molar-refractivity contribution in [3.05, 3.63) is 23.8 Å². The van der Waals surface area contributed by atoms with E-state index in [0.29, 0.717) is 11.8 Å². The number of hydrogen-bond donors (Lipinski definition) is 0. The summed E-state index contributed by atoms with van der Waals surface area (Å²) >= 11 is 0. The molecule has 30 heavy (non-hydrogen) atoms. The largest absolute Gasteiger partial charge is 0.491 e. The van der Waals surface area contributed by atoms with Crippen molar-refractivity contribution in [3.63, 3.8) is 0 Å². The molecule has 0 bridgehead atoms. The fourth-order valence-corrected chi connectivity index (χ4v) is 7.93. The van der Waals surface area contributed by atoms with Gasteiger partial charge in [0.05, 0.1) is 16.1 Å². The molecular weight excluding hydrogens is 394 g/mol. The molecule has 0 saturated heterocycles. The second-order valence-electron chi connectivity index (χ2n) is 9.88. The van der Waals surface area contributed by atoms with Crippen molar-refractivity contribution < 1.29 is 13.5 Å². The number of unbranched alkanes of at least 4 members (excludes halogenated alkanes) is 2. The smallest absolute Gasteiger partial charge is 0.200 e. The Balaban J connectivity index is 1.38. The molecule has 0 radical (unpaired) electrons. The van der Waals surface area contributed by atoms with Crippen molar-refractivity contribution >= 4 is 14.7 Å². The van der Waals surface area contributed by atoms with Gasteiger partial charge in [-0.2, -0.15) is 4.39 Å². The number of ether oxygens (including phenoxy) is 1. The number of halogens is 2. The van der Waals surface area contributed by atoms with Crippen LogP contribution in [0.2, 0.25) is 6.04 Å². The SMILES string of the molecule is CCCCC[C@H]1CC[C@H]([C@H]2CC[C@H](C[SiH2]c3ccc(OCC)c(F)c3F)CC2)CC1. The van der Waals surface area contributed by atoms with Crippen LogP contribution in [0.3, 0.4) is 0 Å². The maximum absolute atomic E-state index is 14.4. The van der Waals surface area contributed by atoms with Crippen LogP contribution < -0.4 is 9.92 Å². The summed E-state index contributed by atoms with van der Waals surface area (Å²) in [5, 5.41) is 0.638. The van der Waals surface area contributed by atoms with Crippen LogP contribution in [0.1, 0.15) is 90.9 Å². The molecule has 2 fully saturated rings. The molecule has 1 aromatic rings. The Bertz CT molecular complexity index is 634. The molecule has 0 aromatic heterocycles. The minimum atomic E-state index is -0.796. The van der Waals surface area contributed by atoms with Gasteiger partial charge in [0, 0.05) is 0 Å². The molecule has 0 aliphatic heterocycles. The Hall–Kier alpha value is -0.903. The van der Waals surface area contributed by atoms with E-state index in [1.807, 2.05) is 0 Å². The summed E-state index contributed by atoms with van der Waals surface area (Å²) in [6, 6.07) is 4.49. The minimum Gasteiger partial charge on any atom is -0.491 e. The van der Waals surface area contributed by atoms with E-state index in [2.05, 4.69) is 6.92 Å². The molecule has 1 aromatic carbocycles. The summed E-state index contributed by atoms with van der Waals surface area (Å²) in [5.41, 5.74) is 0. The number of rotatable bonds is 10. The van der Waals surface area contributed by atoms with E-state index in [4.69, 9.17) is 4.74 Å². The van der Waals surface area contributed by atoms with Crippen LogP contribution in [0.4, 0.5) is 8.78 Å². The molecule has 2 aliphatic carbocycles. The Morgan fingerprint density at radius 1 is 0.833 bits per heavy atom. The highest BCUT2D eigenvalue weighted by atomic mass is 28.2. The van der Waals surface area contributed by atoms with E-state index in [0.717, 1.165) is 29.7 Å². The third kappa shape index (κ3) is 6.55. The first-order valence-corrected chi connectivity index (χ1v) is 14.4. The molecule has 0 heterocycles. The van der Waals surface area contributed by atoms with Crippen LogP contribution in [-0.4, -0.2) is 16.1 Å². The fraction of sp³-hybridized carbons (Fsp3) is 0.769. The summed E-state index contributed by atoms with van der Waals surface area (Å²) in [5.74, 6) is 2.22. The highest BCUT2D eigenvalue weighted by Gasteiger charge is 2.30. The topological polar surface area (TPSA) is 9.23 Å². The van der Waals surface area contributed by atoms with E-state index in [9.17, 15) is 8.78 Å². The lowest BCUT2D eigenvalue weighted by Gasteiger charge is -2.38. The lowest BCUT2D eigenvalue weighted by atomic mass is 9.69. The van der Waals surface area contributed by atoms with Crippen molar-refractivity contribution in [1.82, 2.24) is 0 Å². The Morgan fingerprint density at radius 2 is 1.47 bits per heavy atom. The van der Waals surface area contributed by atoms with Gasteiger partial charge in [0.2, 0.25) is 0 Å². The molecular formula is C26H42F2OSi.